The van der Waals surface area contributed by atoms with Crippen molar-refractivity contribution in [3.63, 3.8) is 0 Å². The summed E-state index contributed by atoms with van der Waals surface area (Å²) >= 11 is 0. The van der Waals surface area contributed by atoms with E-state index >= 15 is 0 Å². The lowest BCUT2D eigenvalue weighted by Gasteiger charge is -2.00. The molecule has 1 rings (SSSR count). The Morgan fingerprint density at radius 2 is 2.09 bits per heavy atom. The molecule has 1 aromatic rings. The van der Waals surface area contributed by atoms with Gasteiger partial charge in [-0.3, -0.25) is 0 Å². The molecule has 0 fully saturated rings. The van der Waals surface area contributed by atoms with Crippen molar-refractivity contribution in [3.05, 3.63) is 23.8 Å². The Hall–Kier alpha value is -1.58. The zero-order valence-corrected chi connectivity index (χ0v) is 5.78. The first-order valence-electron chi connectivity index (χ1n) is 3.08. The van der Waals surface area contributed by atoms with Gasteiger partial charge in [-0.15, -0.1) is 0 Å². The van der Waals surface area contributed by atoms with Crippen LogP contribution in [0, 0.1) is 5.53 Å². The van der Waals surface area contributed by atoms with Crippen LogP contribution >= 0.6 is 0 Å². The highest BCUT2D eigenvalue weighted by molar-refractivity contribution is 5.44. The number of hydrogen-bond acceptors (Lipinski definition) is 4. The average Bonchev–Trinajstić information content (AvgIpc) is 1.99. The number of benzene rings is 1. The van der Waals surface area contributed by atoms with Gasteiger partial charge in [-0.25, -0.2) is 5.53 Å². The predicted molar refractivity (Wildman–Crippen MR) is 38.6 cm³/mol. The molecule has 0 aliphatic carbocycles. The summed E-state index contributed by atoms with van der Waals surface area (Å²) in [6.07, 6.45) is 0. The highest BCUT2D eigenvalue weighted by Crippen LogP contribution is 2.28. The molecule has 0 atom stereocenters. The Morgan fingerprint density at radius 3 is 2.73 bits per heavy atom. The van der Waals surface area contributed by atoms with Crippen LogP contribution in [-0.4, -0.2) is 10.2 Å². The van der Waals surface area contributed by atoms with Crippen molar-refractivity contribution >= 4 is 0 Å². The first-order valence-corrected chi connectivity index (χ1v) is 3.08. The van der Waals surface area contributed by atoms with E-state index in [1.165, 1.54) is 6.07 Å². The number of para-hydroxylation sites is 1. The smallest absolute Gasteiger partial charge is 0.162 e. The van der Waals surface area contributed by atoms with Gasteiger partial charge in [-0.2, -0.15) is 5.11 Å². The van der Waals surface area contributed by atoms with Gasteiger partial charge >= 0.3 is 0 Å². The molecule has 0 spiro atoms. The van der Waals surface area contributed by atoms with E-state index in [-0.39, 0.29) is 18.0 Å². The predicted octanol–water partition coefficient (Wildman–Crippen LogP) is 1.63. The summed E-state index contributed by atoms with van der Waals surface area (Å²) in [7, 11) is 0. The molecule has 4 heteroatoms. The number of aromatic hydroxyl groups is 2. The van der Waals surface area contributed by atoms with Gasteiger partial charge in [-0.05, 0) is 6.07 Å². The summed E-state index contributed by atoms with van der Waals surface area (Å²) in [5.74, 6) is -0.366. The molecule has 0 bridgehead atoms. The molecule has 0 saturated heterocycles. The van der Waals surface area contributed by atoms with Gasteiger partial charge in [0.05, 0.1) is 6.54 Å². The summed E-state index contributed by atoms with van der Waals surface area (Å²) in [6, 6.07) is 4.57. The van der Waals surface area contributed by atoms with Crippen molar-refractivity contribution in [2.45, 2.75) is 6.54 Å². The fourth-order valence-corrected chi connectivity index (χ4v) is 0.791. The number of rotatable bonds is 2. The molecular weight excluding hydrogens is 144 g/mol. The van der Waals surface area contributed by atoms with Crippen LogP contribution in [0.25, 0.3) is 0 Å². The number of nitrogens with zero attached hydrogens (tertiary/aromatic N) is 1. The quantitative estimate of drug-likeness (QED) is 0.445. The van der Waals surface area contributed by atoms with Crippen molar-refractivity contribution in [2.24, 2.45) is 5.11 Å². The second kappa shape index (κ2) is 3.01. The highest BCUT2D eigenvalue weighted by atomic mass is 16.3. The molecule has 3 N–H and O–H groups in total. The summed E-state index contributed by atoms with van der Waals surface area (Å²) < 4.78 is 0. The molecule has 0 aliphatic rings. The van der Waals surface area contributed by atoms with Crippen LogP contribution in [0.1, 0.15) is 5.56 Å². The summed E-state index contributed by atoms with van der Waals surface area (Å²) in [5.41, 5.74) is 7.00. The van der Waals surface area contributed by atoms with Crippen LogP contribution < -0.4 is 0 Å². The highest BCUT2D eigenvalue weighted by Gasteiger charge is 2.03. The van der Waals surface area contributed by atoms with E-state index in [2.05, 4.69) is 5.11 Å². The maximum atomic E-state index is 9.14. The molecule has 0 radical (unpaired) electrons. The largest absolute Gasteiger partial charge is 0.504 e. The van der Waals surface area contributed by atoms with Crippen LogP contribution in [0.5, 0.6) is 11.5 Å². The van der Waals surface area contributed by atoms with Crippen molar-refractivity contribution in [1.29, 1.82) is 5.53 Å². The molecule has 0 aromatic heterocycles. The molecule has 11 heavy (non-hydrogen) atoms. The lowest BCUT2D eigenvalue weighted by Crippen LogP contribution is -1.81. The molecule has 1 aromatic carbocycles. The van der Waals surface area contributed by atoms with Crippen LogP contribution in [0.15, 0.2) is 23.3 Å². The molecular formula is C7H8N2O2. The van der Waals surface area contributed by atoms with Gasteiger partial charge in [0.25, 0.3) is 0 Å². The van der Waals surface area contributed by atoms with Gasteiger partial charge in [0.1, 0.15) is 0 Å². The zero-order chi connectivity index (χ0) is 8.27. The number of phenols is 2. The third-order valence-corrected chi connectivity index (χ3v) is 1.35. The Kier molecular flexibility index (Phi) is 2.06. The van der Waals surface area contributed by atoms with E-state index < -0.39 is 0 Å². The van der Waals surface area contributed by atoms with E-state index in [0.29, 0.717) is 5.56 Å². The lowest BCUT2D eigenvalue weighted by molar-refractivity contribution is 0.399. The number of phenolic OH excluding ortho intramolecular Hbond substituents is 2. The number of nitrogens with one attached hydrogen (secondary N) is 1. The second-order valence-electron chi connectivity index (χ2n) is 2.10. The molecule has 0 unspecified atom stereocenters. The minimum atomic E-state index is -0.191. The normalized spacial score (nSPS) is 9.45. The number of hydrogen-bond donors (Lipinski definition) is 3. The minimum absolute atomic E-state index is 0.0975. The topological polar surface area (TPSA) is 76.7 Å². The first-order chi connectivity index (χ1) is 5.25. The van der Waals surface area contributed by atoms with Gasteiger partial charge in [0, 0.05) is 5.56 Å². The molecule has 4 nitrogen and oxygen atoms in total. The maximum absolute atomic E-state index is 9.14. The summed E-state index contributed by atoms with van der Waals surface area (Å²) in [5, 5.41) is 21.2. The molecule has 0 aliphatic heterocycles. The fourth-order valence-electron chi connectivity index (χ4n) is 0.791. The molecule has 58 valence electrons. The van der Waals surface area contributed by atoms with E-state index in [0.717, 1.165) is 0 Å². The van der Waals surface area contributed by atoms with Crippen LogP contribution in [0.4, 0.5) is 0 Å². The third kappa shape index (κ3) is 1.46. The van der Waals surface area contributed by atoms with Gasteiger partial charge in [-0.1, -0.05) is 12.1 Å². The Morgan fingerprint density at radius 1 is 1.36 bits per heavy atom. The van der Waals surface area contributed by atoms with Crippen LogP contribution in [0.2, 0.25) is 0 Å². The first kappa shape index (κ1) is 7.53. The van der Waals surface area contributed by atoms with E-state index in [1.807, 2.05) is 0 Å². The van der Waals surface area contributed by atoms with E-state index in [1.54, 1.807) is 12.1 Å². The fraction of sp³-hybridized carbons (Fsp3) is 0.143. The van der Waals surface area contributed by atoms with E-state index in [4.69, 9.17) is 15.7 Å². The van der Waals surface area contributed by atoms with Crippen molar-refractivity contribution in [2.75, 3.05) is 0 Å². The minimum Gasteiger partial charge on any atom is -0.504 e. The Bertz CT molecular complexity index is 273. The Labute approximate surface area is 63.6 Å². The second-order valence-corrected chi connectivity index (χ2v) is 2.10. The molecule has 0 amide bonds. The zero-order valence-electron chi connectivity index (χ0n) is 5.78. The molecule has 0 saturated carbocycles. The Balaban J connectivity index is 3.05. The SMILES string of the molecule is N=NCc1cccc(O)c1O. The monoisotopic (exact) mass is 152 g/mol. The standard InChI is InChI=1S/C7H8N2O2/c8-9-4-5-2-1-3-6(10)7(5)11/h1-3,8,10-11H,4H2. The van der Waals surface area contributed by atoms with Crippen molar-refractivity contribution in [1.82, 2.24) is 0 Å². The van der Waals surface area contributed by atoms with Crippen molar-refractivity contribution in [3.8, 4) is 11.5 Å². The molecule has 0 heterocycles. The van der Waals surface area contributed by atoms with E-state index in [9.17, 15) is 0 Å². The summed E-state index contributed by atoms with van der Waals surface area (Å²) in [4.78, 5) is 0. The van der Waals surface area contributed by atoms with Gasteiger partial charge in [0.15, 0.2) is 11.5 Å². The van der Waals surface area contributed by atoms with Crippen LogP contribution in [-0.2, 0) is 6.54 Å². The van der Waals surface area contributed by atoms with Crippen molar-refractivity contribution < 1.29 is 10.2 Å². The maximum Gasteiger partial charge on any atom is 0.162 e. The summed E-state index contributed by atoms with van der Waals surface area (Å²) in [6.45, 7) is 0.0975. The lowest BCUT2D eigenvalue weighted by atomic mass is 10.2. The van der Waals surface area contributed by atoms with Gasteiger partial charge < -0.3 is 10.2 Å². The van der Waals surface area contributed by atoms with Crippen LogP contribution in [0.3, 0.4) is 0 Å². The average molecular weight is 152 g/mol. The third-order valence-electron chi connectivity index (χ3n) is 1.35. The van der Waals surface area contributed by atoms with Gasteiger partial charge in [0.2, 0.25) is 0 Å².